The highest BCUT2D eigenvalue weighted by Crippen LogP contribution is 2.32. The highest BCUT2D eigenvalue weighted by Gasteiger charge is 2.18. The molecule has 2 aromatic rings. The van der Waals surface area contributed by atoms with Crippen LogP contribution in [0.5, 0.6) is 5.75 Å². The Bertz CT molecular complexity index is 838. The van der Waals surface area contributed by atoms with Gasteiger partial charge in [-0.15, -0.1) is 0 Å². The number of aromatic nitrogens is 2. The zero-order valence-corrected chi connectivity index (χ0v) is 16.4. The lowest BCUT2D eigenvalue weighted by Crippen LogP contribution is -2.32. The second-order valence-corrected chi connectivity index (χ2v) is 6.86. The second-order valence-electron chi connectivity index (χ2n) is 6.46. The summed E-state index contributed by atoms with van der Waals surface area (Å²) in [6.07, 6.45) is 2.07. The number of carbonyl (C=O) groups is 1. The Morgan fingerprint density at radius 3 is 2.85 bits per heavy atom. The zero-order chi connectivity index (χ0) is 19.4. The van der Waals surface area contributed by atoms with Crippen LogP contribution in [0.1, 0.15) is 34.7 Å². The molecular weight excluding hydrogens is 368 g/mol. The van der Waals surface area contributed by atoms with Gasteiger partial charge in [-0.1, -0.05) is 11.6 Å². The summed E-state index contributed by atoms with van der Waals surface area (Å²) in [6, 6.07) is 5.22. The van der Waals surface area contributed by atoms with Crippen LogP contribution in [0.4, 0.5) is 11.5 Å². The first-order valence-corrected chi connectivity index (χ1v) is 9.20. The molecular formula is C19H23ClN4O3. The van der Waals surface area contributed by atoms with Crippen LogP contribution in [0.2, 0.25) is 5.02 Å². The maximum atomic E-state index is 12.5. The Hall–Kier alpha value is -2.38. The number of nitrogens with one attached hydrogen (secondary N) is 2. The molecule has 1 aliphatic heterocycles. The molecule has 8 heteroatoms. The summed E-state index contributed by atoms with van der Waals surface area (Å²) in [5.41, 5.74) is 1.91. The van der Waals surface area contributed by atoms with Gasteiger partial charge in [0.1, 0.15) is 23.1 Å². The minimum absolute atomic E-state index is 0.0794. The molecule has 0 bridgehead atoms. The van der Waals surface area contributed by atoms with E-state index in [1.54, 1.807) is 26.2 Å². The number of methoxy groups -OCH3 is 1. The van der Waals surface area contributed by atoms with Crippen LogP contribution in [0.25, 0.3) is 0 Å². The van der Waals surface area contributed by atoms with Crippen molar-refractivity contribution in [2.45, 2.75) is 32.8 Å². The standard InChI is InChI=1S/C19H23ClN4O3/c1-11-7-15(17(26-3)8-14(11)20)24-18-9-16(22-12(2)23-18)19(25)21-10-13-5-4-6-27-13/h7-9,13H,4-6,10H2,1-3H3,(H,21,25)(H,22,23,24). The van der Waals surface area contributed by atoms with E-state index in [2.05, 4.69) is 20.6 Å². The molecule has 1 amide bonds. The summed E-state index contributed by atoms with van der Waals surface area (Å²) in [6.45, 7) is 4.88. The summed E-state index contributed by atoms with van der Waals surface area (Å²) in [5, 5.41) is 6.68. The number of benzene rings is 1. The van der Waals surface area contributed by atoms with E-state index in [1.165, 1.54) is 0 Å². The van der Waals surface area contributed by atoms with Crippen LogP contribution in [0.3, 0.4) is 0 Å². The maximum absolute atomic E-state index is 12.5. The molecule has 1 saturated heterocycles. The monoisotopic (exact) mass is 390 g/mol. The molecule has 2 N–H and O–H groups in total. The van der Waals surface area contributed by atoms with E-state index in [0.717, 1.165) is 25.0 Å². The average molecular weight is 391 g/mol. The molecule has 0 aliphatic carbocycles. The van der Waals surface area contributed by atoms with Gasteiger partial charge in [-0.3, -0.25) is 4.79 Å². The first-order valence-electron chi connectivity index (χ1n) is 8.83. The zero-order valence-electron chi connectivity index (χ0n) is 15.6. The molecule has 0 saturated carbocycles. The summed E-state index contributed by atoms with van der Waals surface area (Å²) in [7, 11) is 1.57. The van der Waals surface area contributed by atoms with Gasteiger partial charge in [0.15, 0.2) is 0 Å². The number of ether oxygens (including phenoxy) is 2. The van der Waals surface area contributed by atoms with Crippen molar-refractivity contribution in [2.24, 2.45) is 0 Å². The molecule has 144 valence electrons. The van der Waals surface area contributed by atoms with Crippen LogP contribution in [-0.4, -0.2) is 42.2 Å². The van der Waals surface area contributed by atoms with Crippen molar-refractivity contribution < 1.29 is 14.3 Å². The van der Waals surface area contributed by atoms with E-state index in [9.17, 15) is 4.79 Å². The maximum Gasteiger partial charge on any atom is 0.270 e. The first kappa shape index (κ1) is 19.4. The van der Waals surface area contributed by atoms with Crippen molar-refractivity contribution in [3.05, 3.63) is 40.3 Å². The van der Waals surface area contributed by atoms with Gasteiger partial charge in [-0.2, -0.15) is 0 Å². The van der Waals surface area contributed by atoms with Crippen molar-refractivity contribution in [1.82, 2.24) is 15.3 Å². The fraction of sp³-hybridized carbons (Fsp3) is 0.421. The largest absolute Gasteiger partial charge is 0.495 e. The van der Waals surface area contributed by atoms with Gasteiger partial charge >= 0.3 is 0 Å². The lowest BCUT2D eigenvalue weighted by Gasteiger charge is -2.14. The summed E-state index contributed by atoms with van der Waals surface area (Å²) in [5.74, 6) is 1.33. The fourth-order valence-electron chi connectivity index (χ4n) is 2.92. The van der Waals surface area contributed by atoms with Gasteiger partial charge in [-0.25, -0.2) is 9.97 Å². The molecule has 1 aromatic carbocycles. The van der Waals surface area contributed by atoms with E-state index < -0.39 is 0 Å². The lowest BCUT2D eigenvalue weighted by molar-refractivity contribution is 0.0853. The van der Waals surface area contributed by atoms with Gasteiger partial charge in [0.05, 0.1) is 18.9 Å². The SMILES string of the molecule is COc1cc(Cl)c(C)cc1Nc1cc(C(=O)NCC2CCCO2)nc(C)n1. The summed E-state index contributed by atoms with van der Waals surface area (Å²) in [4.78, 5) is 21.1. The molecule has 1 fully saturated rings. The molecule has 7 nitrogen and oxygen atoms in total. The molecule has 1 unspecified atom stereocenters. The lowest BCUT2D eigenvalue weighted by atomic mass is 10.2. The van der Waals surface area contributed by atoms with Crippen LogP contribution in [-0.2, 0) is 4.74 Å². The van der Waals surface area contributed by atoms with Gasteiger partial charge in [-0.05, 0) is 38.3 Å². The van der Waals surface area contributed by atoms with Crippen LogP contribution in [0, 0.1) is 13.8 Å². The number of hydrogen-bond donors (Lipinski definition) is 2. The minimum Gasteiger partial charge on any atom is -0.495 e. The van der Waals surface area contributed by atoms with Crippen molar-refractivity contribution in [1.29, 1.82) is 0 Å². The average Bonchev–Trinajstić information content (AvgIpc) is 3.15. The van der Waals surface area contributed by atoms with Crippen LogP contribution in [0.15, 0.2) is 18.2 Å². The third kappa shape index (κ3) is 4.87. The van der Waals surface area contributed by atoms with E-state index in [-0.39, 0.29) is 12.0 Å². The van der Waals surface area contributed by atoms with Gasteiger partial charge in [0.2, 0.25) is 0 Å². The number of nitrogens with zero attached hydrogens (tertiary/aromatic N) is 2. The predicted molar refractivity (Wildman–Crippen MR) is 104 cm³/mol. The van der Waals surface area contributed by atoms with Gasteiger partial charge in [0, 0.05) is 30.3 Å². The van der Waals surface area contributed by atoms with E-state index in [1.807, 2.05) is 13.0 Å². The normalized spacial score (nSPS) is 16.2. The number of anilines is 2. The second kappa shape index (κ2) is 8.54. The summed E-state index contributed by atoms with van der Waals surface area (Å²) < 4.78 is 10.9. The van der Waals surface area contributed by atoms with Crippen molar-refractivity contribution in [3.63, 3.8) is 0 Å². The Balaban J connectivity index is 1.77. The van der Waals surface area contributed by atoms with Gasteiger partial charge in [0.25, 0.3) is 5.91 Å². The Kier molecular flexibility index (Phi) is 6.13. The topological polar surface area (TPSA) is 85.4 Å². The van der Waals surface area contributed by atoms with E-state index in [4.69, 9.17) is 21.1 Å². The van der Waals surface area contributed by atoms with E-state index in [0.29, 0.717) is 40.3 Å². The molecule has 2 heterocycles. The Morgan fingerprint density at radius 1 is 1.33 bits per heavy atom. The number of aryl methyl sites for hydroxylation is 2. The quantitative estimate of drug-likeness (QED) is 0.786. The number of rotatable bonds is 6. The third-order valence-electron chi connectivity index (χ3n) is 4.33. The van der Waals surface area contributed by atoms with E-state index >= 15 is 0 Å². The fourth-order valence-corrected chi connectivity index (χ4v) is 3.07. The molecule has 1 atom stereocenters. The smallest absolute Gasteiger partial charge is 0.270 e. The van der Waals surface area contributed by atoms with Crippen molar-refractivity contribution >= 4 is 29.0 Å². The minimum atomic E-state index is -0.252. The van der Waals surface area contributed by atoms with Crippen molar-refractivity contribution in [3.8, 4) is 5.75 Å². The Labute approximate surface area is 163 Å². The number of carbonyl (C=O) groups excluding carboxylic acids is 1. The summed E-state index contributed by atoms with van der Waals surface area (Å²) >= 11 is 6.15. The van der Waals surface area contributed by atoms with Crippen LogP contribution >= 0.6 is 11.6 Å². The highest BCUT2D eigenvalue weighted by molar-refractivity contribution is 6.31. The Morgan fingerprint density at radius 2 is 2.15 bits per heavy atom. The number of amides is 1. The number of halogens is 1. The molecule has 0 radical (unpaired) electrons. The van der Waals surface area contributed by atoms with Gasteiger partial charge < -0.3 is 20.1 Å². The molecule has 3 rings (SSSR count). The number of hydrogen-bond acceptors (Lipinski definition) is 6. The predicted octanol–water partition coefficient (Wildman–Crippen LogP) is 3.41. The first-order chi connectivity index (χ1) is 13.0. The van der Waals surface area contributed by atoms with Crippen molar-refractivity contribution in [2.75, 3.05) is 25.6 Å². The third-order valence-corrected chi connectivity index (χ3v) is 4.74. The van der Waals surface area contributed by atoms with Crippen LogP contribution < -0.4 is 15.4 Å². The molecule has 0 spiro atoms. The highest BCUT2D eigenvalue weighted by atomic mass is 35.5. The molecule has 1 aromatic heterocycles. The molecule has 27 heavy (non-hydrogen) atoms. The molecule has 1 aliphatic rings.